The molecule has 0 aliphatic rings. The molecule has 0 aliphatic carbocycles. The first-order chi connectivity index (χ1) is 12.4. The number of rotatable bonds is 5. The number of nitrogen functional groups attached to an aromatic ring is 1. The Morgan fingerprint density at radius 2 is 1.81 bits per heavy atom. The number of amides is 1. The van der Waals surface area contributed by atoms with Crippen molar-refractivity contribution in [2.24, 2.45) is 0 Å². The van der Waals surface area contributed by atoms with Gasteiger partial charge in [-0.3, -0.25) is 4.79 Å². The zero-order valence-electron chi connectivity index (χ0n) is 13.7. The summed E-state index contributed by atoms with van der Waals surface area (Å²) in [6, 6.07) is 14.2. The molecule has 1 aromatic heterocycles. The van der Waals surface area contributed by atoms with Crippen LogP contribution in [0.3, 0.4) is 0 Å². The van der Waals surface area contributed by atoms with Crippen LogP contribution in [0.25, 0.3) is 0 Å². The van der Waals surface area contributed by atoms with E-state index in [-0.39, 0.29) is 5.91 Å². The van der Waals surface area contributed by atoms with Crippen molar-refractivity contribution in [3.63, 3.8) is 0 Å². The van der Waals surface area contributed by atoms with Gasteiger partial charge in [0.15, 0.2) is 0 Å². The Morgan fingerprint density at radius 3 is 2.38 bits per heavy atom. The molecule has 3 N–H and O–H groups in total. The van der Waals surface area contributed by atoms with Crippen LogP contribution in [0.15, 0.2) is 53.7 Å². The number of aryl methyl sites for hydroxylation is 1. The van der Waals surface area contributed by atoms with E-state index in [4.69, 9.17) is 29.0 Å². The maximum absolute atomic E-state index is 12.9. The quantitative estimate of drug-likeness (QED) is 0.491. The third-order valence-electron chi connectivity index (χ3n) is 3.53. The number of anilines is 1. The molecule has 1 atom stereocenters. The van der Waals surface area contributed by atoms with Crippen molar-refractivity contribution in [1.82, 2.24) is 14.9 Å². The third kappa shape index (κ3) is 4.30. The lowest BCUT2D eigenvalue weighted by molar-refractivity contribution is -0.115. The Morgan fingerprint density at radius 1 is 1.15 bits per heavy atom. The molecule has 0 fully saturated rings. The topological polar surface area (TPSA) is 85.8 Å². The van der Waals surface area contributed by atoms with E-state index in [0.29, 0.717) is 26.7 Å². The first-order valence-electron chi connectivity index (χ1n) is 7.59. The van der Waals surface area contributed by atoms with Crippen molar-refractivity contribution in [3.05, 3.63) is 70.0 Å². The zero-order valence-corrected chi connectivity index (χ0v) is 16.0. The summed E-state index contributed by atoms with van der Waals surface area (Å²) in [7, 11) is 0. The molecule has 0 saturated heterocycles. The summed E-state index contributed by atoms with van der Waals surface area (Å²) in [5, 5.41) is 11.5. The number of aromatic nitrogens is 3. The summed E-state index contributed by atoms with van der Waals surface area (Å²) >= 11 is 13.2. The van der Waals surface area contributed by atoms with Gasteiger partial charge in [0.25, 0.3) is 0 Å². The SMILES string of the molecule is Cc1nnc(S[C@H](C(=O)Nc2cc(Cl)cc(Cl)c2)c2ccccc2)n1N. The summed E-state index contributed by atoms with van der Waals surface area (Å²) in [4.78, 5) is 12.9. The molecule has 0 aliphatic heterocycles. The van der Waals surface area contributed by atoms with Crippen LogP contribution >= 0.6 is 35.0 Å². The van der Waals surface area contributed by atoms with Gasteiger partial charge in [0.05, 0.1) is 0 Å². The molecule has 134 valence electrons. The van der Waals surface area contributed by atoms with E-state index in [1.54, 1.807) is 25.1 Å². The third-order valence-corrected chi connectivity index (χ3v) is 5.18. The number of nitrogens with two attached hydrogens (primary N) is 1. The highest BCUT2D eigenvalue weighted by Gasteiger charge is 2.25. The number of carbonyl (C=O) groups excluding carboxylic acids is 1. The summed E-state index contributed by atoms with van der Waals surface area (Å²) < 4.78 is 1.35. The van der Waals surface area contributed by atoms with E-state index in [1.807, 2.05) is 30.3 Å². The molecule has 3 rings (SSSR count). The van der Waals surface area contributed by atoms with E-state index >= 15 is 0 Å². The van der Waals surface area contributed by atoms with Gasteiger partial charge in [-0.15, -0.1) is 10.2 Å². The largest absolute Gasteiger partial charge is 0.336 e. The molecule has 0 bridgehead atoms. The van der Waals surface area contributed by atoms with Crippen LogP contribution < -0.4 is 11.2 Å². The van der Waals surface area contributed by atoms with Crippen molar-refractivity contribution in [3.8, 4) is 0 Å². The van der Waals surface area contributed by atoms with Crippen molar-refractivity contribution < 1.29 is 4.79 Å². The highest BCUT2D eigenvalue weighted by atomic mass is 35.5. The molecule has 0 spiro atoms. The molecule has 0 radical (unpaired) electrons. The molecular formula is C17H15Cl2N5OS. The van der Waals surface area contributed by atoms with Crippen molar-refractivity contribution in [1.29, 1.82) is 0 Å². The van der Waals surface area contributed by atoms with Gasteiger partial charge < -0.3 is 11.2 Å². The van der Waals surface area contributed by atoms with Gasteiger partial charge in [-0.1, -0.05) is 65.3 Å². The van der Waals surface area contributed by atoms with Crippen LogP contribution in [0.2, 0.25) is 10.0 Å². The smallest absolute Gasteiger partial charge is 0.242 e. The average Bonchev–Trinajstić information content (AvgIpc) is 2.91. The lowest BCUT2D eigenvalue weighted by atomic mass is 10.1. The second kappa shape index (κ2) is 7.99. The fraction of sp³-hybridized carbons (Fsp3) is 0.118. The summed E-state index contributed by atoms with van der Waals surface area (Å²) in [5.41, 5.74) is 1.32. The van der Waals surface area contributed by atoms with Crippen molar-refractivity contribution in [2.45, 2.75) is 17.3 Å². The monoisotopic (exact) mass is 407 g/mol. The van der Waals surface area contributed by atoms with E-state index in [9.17, 15) is 4.79 Å². The van der Waals surface area contributed by atoms with E-state index < -0.39 is 5.25 Å². The lowest BCUT2D eigenvalue weighted by Crippen LogP contribution is -2.20. The number of thioether (sulfide) groups is 1. The normalized spacial score (nSPS) is 12.0. The molecule has 0 unspecified atom stereocenters. The Kier molecular flexibility index (Phi) is 5.70. The number of nitrogens with one attached hydrogen (secondary N) is 1. The van der Waals surface area contributed by atoms with Gasteiger partial charge in [0.1, 0.15) is 11.1 Å². The average molecular weight is 408 g/mol. The highest BCUT2D eigenvalue weighted by molar-refractivity contribution is 8.00. The van der Waals surface area contributed by atoms with Gasteiger partial charge >= 0.3 is 0 Å². The van der Waals surface area contributed by atoms with Gasteiger partial charge in [0, 0.05) is 15.7 Å². The van der Waals surface area contributed by atoms with Crippen LogP contribution in [0.1, 0.15) is 16.6 Å². The van der Waals surface area contributed by atoms with Gasteiger partial charge in [-0.25, -0.2) is 4.68 Å². The Bertz CT molecular complexity index is 912. The van der Waals surface area contributed by atoms with E-state index in [2.05, 4.69) is 15.5 Å². The Labute approximate surface area is 164 Å². The van der Waals surface area contributed by atoms with Gasteiger partial charge in [-0.05, 0) is 30.7 Å². The predicted molar refractivity (Wildman–Crippen MR) is 105 cm³/mol. The fourth-order valence-corrected chi connectivity index (χ4v) is 3.80. The summed E-state index contributed by atoms with van der Waals surface area (Å²) in [6.07, 6.45) is 0. The minimum absolute atomic E-state index is 0.250. The van der Waals surface area contributed by atoms with Crippen molar-refractivity contribution in [2.75, 3.05) is 11.2 Å². The number of hydrogen-bond acceptors (Lipinski definition) is 5. The Hall–Kier alpha value is -2.22. The number of benzene rings is 2. The maximum Gasteiger partial charge on any atom is 0.242 e. The molecule has 6 nitrogen and oxygen atoms in total. The van der Waals surface area contributed by atoms with E-state index in [0.717, 1.165) is 5.56 Å². The lowest BCUT2D eigenvalue weighted by Gasteiger charge is -2.16. The Balaban J connectivity index is 1.89. The molecule has 26 heavy (non-hydrogen) atoms. The first kappa shape index (κ1) is 18.6. The first-order valence-corrected chi connectivity index (χ1v) is 9.23. The van der Waals surface area contributed by atoms with Crippen LogP contribution in [-0.2, 0) is 4.79 Å². The molecule has 1 amide bonds. The molecule has 2 aromatic carbocycles. The molecule has 1 heterocycles. The standard InChI is InChI=1S/C17H15Cl2N5OS/c1-10-22-23-17(24(10)20)26-15(11-5-3-2-4-6-11)16(25)21-14-8-12(18)7-13(19)9-14/h2-9,15H,20H2,1H3,(H,21,25)/t15-/m0/s1. The number of hydrogen-bond donors (Lipinski definition) is 2. The number of halogens is 2. The van der Waals surface area contributed by atoms with Gasteiger partial charge in [0.2, 0.25) is 11.1 Å². The molecule has 0 saturated carbocycles. The minimum atomic E-state index is -0.583. The van der Waals surface area contributed by atoms with Crippen LogP contribution in [0.5, 0.6) is 0 Å². The molecule has 3 aromatic rings. The van der Waals surface area contributed by atoms with E-state index in [1.165, 1.54) is 16.4 Å². The number of carbonyl (C=O) groups is 1. The second-order valence-electron chi connectivity index (χ2n) is 5.46. The van der Waals surface area contributed by atoms with Crippen LogP contribution in [-0.4, -0.2) is 20.8 Å². The molecular weight excluding hydrogens is 393 g/mol. The predicted octanol–water partition coefficient (Wildman–Crippen LogP) is 4.08. The highest BCUT2D eigenvalue weighted by Crippen LogP contribution is 2.35. The second-order valence-corrected chi connectivity index (χ2v) is 7.40. The zero-order chi connectivity index (χ0) is 18.7. The summed E-state index contributed by atoms with van der Waals surface area (Å²) in [5.74, 6) is 6.23. The van der Waals surface area contributed by atoms with Gasteiger partial charge in [-0.2, -0.15) is 0 Å². The maximum atomic E-state index is 12.9. The van der Waals surface area contributed by atoms with Crippen LogP contribution in [0, 0.1) is 6.92 Å². The van der Waals surface area contributed by atoms with Crippen LogP contribution in [0.4, 0.5) is 5.69 Å². The minimum Gasteiger partial charge on any atom is -0.336 e. The fourth-order valence-electron chi connectivity index (χ4n) is 2.27. The number of nitrogens with zero attached hydrogens (tertiary/aromatic N) is 3. The molecule has 9 heteroatoms. The van der Waals surface area contributed by atoms with Crippen molar-refractivity contribution >= 4 is 46.6 Å². The summed E-state index contributed by atoms with van der Waals surface area (Å²) in [6.45, 7) is 1.74.